The molecule has 1 aliphatic heterocycles. The predicted molar refractivity (Wildman–Crippen MR) is 88.1 cm³/mol. The number of likely N-dealkylation sites (tertiary alicyclic amines) is 1. The molecule has 0 radical (unpaired) electrons. The zero-order chi connectivity index (χ0) is 15.1. The van der Waals surface area contributed by atoms with Gasteiger partial charge in [0.15, 0.2) is 0 Å². The molecule has 0 saturated carbocycles. The van der Waals surface area contributed by atoms with E-state index in [0.717, 1.165) is 25.1 Å². The zero-order valence-electron chi connectivity index (χ0n) is 12.2. The van der Waals surface area contributed by atoms with Gasteiger partial charge in [0.25, 0.3) is 0 Å². The number of carbonyl (C=O) groups is 1. The van der Waals surface area contributed by atoms with E-state index in [-0.39, 0.29) is 5.91 Å². The van der Waals surface area contributed by atoms with E-state index in [0.29, 0.717) is 22.9 Å². The summed E-state index contributed by atoms with van der Waals surface area (Å²) < 4.78 is 0. The summed E-state index contributed by atoms with van der Waals surface area (Å²) in [4.78, 5) is 14.3. The second kappa shape index (κ2) is 8.62. The van der Waals surface area contributed by atoms with E-state index in [1.54, 1.807) is 12.1 Å². The first-order chi connectivity index (χ1) is 10.2. The van der Waals surface area contributed by atoms with Gasteiger partial charge in [-0.05, 0) is 63.0 Å². The minimum atomic E-state index is 0.0624. The number of halogens is 2. The van der Waals surface area contributed by atoms with Crippen molar-refractivity contribution >= 4 is 29.1 Å². The molecule has 3 nitrogen and oxygen atoms in total. The highest BCUT2D eigenvalue weighted by atomic mass is 35.5. The van der Waals surface area contributed by atoms with Gasteiger partial charge in [-0.1, -0.05) is 29.3 Å². The third-order valence-electron chi connectivity index (χ3n) is 3.84. The first-order valence-corrected chi connectivity index (χ1v) is 8.34. The topological polar surface area (TPSA) is 32.3 Å². The number of carbonyl (C=O) groups excluding carboxylic acids is 1. The molecule has 1 saturated heterocycles. The molecular formula is C16H22Cl2N2O. The molecule has 21 heavy (non-hydrogen) atoms. The number of rotatable bonds is 7. The molecule has 1 amide bonds. The first kappa shape index (κ1) is 16.6. The van der Waals surface area contributed by atoms with Crippen LogP contribution in [0.4, 0.5) is 0 Å². The minimum Gasteiger partial charge on any atom is -0.356 e. The van der Waals surface area contributed by atoms with Crippen molar-refractivity contribution in [2.24, 2.45) is 0 Å². The lowest BCUT2D eigenvalue weighted by Gasteiger charge is -2.14. The summed E-state index contributed by atoms with van der Waals surface area (Å²) in [5.41, 5.74) is 0.855. The summed E-state index contributed by atoms with van der Waals surface area (Å²) in [6.07, 6.45) is 4.64. The molecule has 116 valence electrons. The quantitative estimate of drug-likeness (QED) is 0.776. The van der Waals surface area contributed by atoms with Gasteiger partial charge in [-0.25, -0.2) is 0 Å². The van der Waals surface area contributed by atoms with Crippen LogP contribution in [0, 0.1) is 0 Å². The van der Waals surface area contributed by atoms with Crippen LogP contribution in [0.3, 0.4) is 0 Å². The zero-order valence-corrected chi connectivity index (χ0v) is 13.7. The fraction of sp³-hybridized carbons (Fsp3) is 0.562. The third-order valence-corrected chi connectivity index (χ3v) is 4.54. The van der Waals surface area contributed by atoms with Crippen LogP contribution < -0.4 is 5.32 Å². The van der Waals surface area contributed by atoms with E-state index in [4.69, 9.17) is 23.2 Å². The first-order valence-electron chi connectivity index (χ1n) is 7.59. The molecule has 1 fully saturated rings. The van der Waals surface area contributed by atoms with Crippen molar-refractivity contribution in [1.29, 1.82) is 0 Å². The Kier molecular flexibility index (Phi) is 6.81. The third kappa shape index (κ3) is 5.50. The molecule has 1 N–H and O–H groups in total. The number of hydrogen-bond donors (Lipinski definition) is 1. The smallest absolute Gasteiger partial charge is 0.220 e. The summed E-state index contributed by atoms with van der Waals surface area (Å²) in [6.45, 7) is 4.24. The van der Waals surface area contributed by atoms with Crippen molar-refractivity contribution in [3.8, 4) is 0 Å². The van der Waals surface area contributed by atoms with Crippen molar-refractivity contribution in [1.82, 2.24) is 10.2 Å². The summed E-state index contributed by atoms with van der Waals surface area (Å²) in [6, 6.07) is 5.42. The van der Waals surface area contributed by atoms with Crippen molar-refractivity contribution in [2.45, 2.75) is 32.1 Å². The predicted octanol–water partition coefficient (Wildman–Crippen LogP) is 3.53. The van der Waals surface area contributed by atoms with Gasteiger partial charge in [0.2, 0.25) is 5.91 Å². The molecule has 0 unspecified atom stereocenters. The molecule has 1 aromatic rings. The van der Waals surface area contributed by atoms with Crippen LogP contribution in [-0.2, 0) is 11.2 Å². The maximum atomic E-state index is 11.8. The Balaban J connectivity index is 1.63. The highest BCUT2D eigenvalue weighted by molar-refractivity contribution is 6.36. The fourth-order valence-corrected chi connectivity index (χ4v) is 3.22. The van der Waals surface area contributed by atoms with E-state index in [2.05, 4.69) is 10.2 Å². The molecular weight excluding hydrogens is 307 g/mol. The van der Waals surface area contributed by atoms with Crippen LogP contribution in [0.5, 0.6) is 0 Å². The van der Waals surface area contributed by atoms with Crippen LogP contribution in [-0.4, -0.2) is 37.0 Å². The van der Waals surface area contributed by atoms with Crippen molar-refractivity contribution < 1.29 is 4.79 Å². The molecule has 5 heteroatoms. The molecule has 1 heterocycles. The van der Waals surface area contributed by atoms with E-state index in [1.807, 2.05) is 6.07 Å². The maximum Gasteiger partial charge on any atom is 0.220 e. The number of amides is 1. The molecule has 0 bridgehead atoms. The highest BCUT2D eigenvalue weighted by Crippen LogP contribution is 2.25. The van der Waals surface area contributed by atoms with Crippen molar-refractivity contribution in [3.05, 3.63) is 33.8 Å². The molecule has 0 aliphatic carbocycles. The fourth-order valence-electron chi connectivity index (χ4n) is 2.63. The molecule has 0 spiro atoms. The second-order valence-electron chi connectivity index (χ2n) is 5.45. The molecule has 1 aliphatic rings. The number of benzene rings is 1. The summed E-state index contributed by atoms with van der Waals surface area (Å²) >= 11 is 12.2. The van der Waals surface area contributed by atoms with Crippen LogP contribution in [0.15, 0.2) is 18.2 Å². The number of nitrogens with zero attached hydrogens (tertiary/aromatic N) is 1. The van der Waals surface area contributed by atoms with Crippen LogP contribution >= 0.6 is 23.2 Å². The van der Waals surface area contributed by atoms with Gasteiger partial charge < -0.3 is 10.2 Å². The number of nitrogens with one attached hydrogen (secondary N) is 1. The largest absolute Gasteiger partial charge is 0.356 e. The van der Waals surface area contributed by atoms with Gasteiger partial charge in [0, 0.05) is 23.0 Å². The van der Waals surface area contributed by atoms with E-state index >= 15 is 0 Å². The maximum absolute atomic E-state index is 11.8. The van der Waals surface area contributed by atoms with Crippen molar-refractivity contribution in [2.75, 3.05) is 26.2 Å². The highest BCUT2D eigenvalue weighted by Gasteiger charge is 2.11. The molecule has 1 aromatic carbocycles. The van der Waals surface area contributed by atoms with Crippen LogP contribution in [0.1, 0.15) is 31.2 Å². The Bertz CT molecular complexity index is 453. The van der Waals surface area contributed by atoms with E-state index in [9.17, 15) is 4.79 Å². The van der Waals surface area contributed by atoms with Crippen molar-refractivity contribution in [3.63, 3.8) is 0 Å². The lowest BCUT2D eigenvalue weighted by Crippen LogP contribution is -2.28. The van der Waals surface area contributed by atoms with E-state index < -0.39 is 0 Å². The van der Waals surface area contributed by atoms with Gasteiger partial charge >= 0.3 is 0 Å². The molecule has 2 rings (SSSR count). The van der Waals surface area contributed by atoms with Gasteiger partial charge in [-0.15, -0.1) is 0 Å². The second-order valence-corrected chi connectivity index (χ2v) is 6.27. The van der Waals surface area contributed by atoms with Gasteiger partial charge in [0.05, 0.1) is 0 Å². The van der Waals surface area contributed by atoms with E-state index in [1.165, 1.54) is 25.9 Å². The monoisotopic (exact) mass is 328 g/mol. The standard InChI is InChI=1S/C16H22Cl2N2O/c17-14-5-3-6-15(18)13(14)7-8-16(21)19-9-4-12-20-10-1-2-11-20/h3,5-6H,1-2,4,7-12H2,(H,19,21). The summed E-state index contributed by atoms with van der Waals surface area (Å²) in [5.74, 6) is 0.0624. The lowest BCUT2D eigenvalue weighted by atomic mass is 10.1. The summed E-state index contributed by atoms with van der Waals surface area (Å²) in [5, 5.41) is 4.22. The van der Waals surface area contributed by atoms with Gasteiger partial charge in [0.1, 0.15) is 0 Å². The summed E-state index contributed by atoms with van der Waals surface area (Å²) in [7, 11) is 0. The Morgan fingerprint density at radius 1 is 1.19 bits per heavy atom. The Hall–Kier alpha value is -0.770. The Morgan fingerprint density at radius 2 is 1.86 bits per heavy atom. The van der Waals surface area contributed by atoms with Crippen LogP contribution in [0.2, 0.25) is 10.0 Å². The van der Waals surface area contributed by atoms with Gasteiger partial charge in [-0.3, -0.25) is 4.79 Å². The van der Waals surface area contributed by atoms with Crippen LogP contribution in [0.25, 0.3) is 0 Å². The normalized spacial score (nSPS) is 15.3. The van der Waals surface area contributed by atoms with Gasteiger partial charge in [-0.2, -0.15) is 0 Å². The SMILES string of the molecule is O=C(CCc1c(Cl)cccc1Cl)NCCCN1CCCC1. The Morgan fingerprint density at radius 3 is 2.52 bits per heavy atom. The minimum absolute atomic E-state index is 0.0624. The molecule has 0 aromatic heterocycles. The Labute approximate surface area is 136 Å². The number of hydrogen-bond acceptors (Lipinski definition) is 2. The average molecular weight is 329 g/mol. The lowest BCUT2D eigenvalue weighted by molar-refractivity contribution is -0.121. The molecule has 0 atom stereocenters. The average Bonchev–Trinajstić information content (AvgIpc) is 2.96.